The number of rotatable bonds is 4. The second-order valence-electron chi connectivity index (χ2n) is 5.87. The van der Waals surface area contributed by atoms with Crippen LogP contribution in [0.15, 0.2) is 42.7 Å². The van der Waals surface area contributed by atoms with Crippen LogP contribution in [-0.2, 0) is 4.79 Å². The molecule has 2 atom stereocenters. The summed E-state index contributed by atoms with van der Waals surface area (Å²) in [7, 11) is 3.04. The molecule has 0 radical (unpaired) electrons. The van der Waals surface area contributed by atoms with E-state index in [1.54, 1.807) is 30.4 Å². The van der Waals surface area contributed by atoms with Crippen LogP contribution in [0.4, 0.5) is 4.39 Å². The van der Waals surface area contributed by atoms with E-state index in [9.17, 15) is 14.0 Å². The van der Waals surface area contributed by atoms with Gasteiger partial charge in [-0.15, -0.1) is 0 Å². The van der Waals surface area contributed by atoms with Gasteiger partial charge in [-0.2, -0.15) is 0 Å². The summed E-state index contributed by atoms with van der Waals surface area (Å²) in [6.45, 7) is 0. The number of nitrogens with zero attached hydrogens (tertiary/aromatic N) is 2. The van der Waals surface area contributed by atoms with Crippen LogP contribution in [0.3, 0.4) is 0 Å². The predicted molar refractivity (Wildman–Crippen MR) is 88.6 cm³/mol. The van der Waals surface area contributed by atoms with Crippen molar-refractivity contribution >= 4 is 11.8 Å². The van der Waals surface area contributed by atoms with Crippen molar-refractivity contribution in [2.24, 2.45) is 0 Å². The Morgan fingerprint density at radius 2 is 2.20 bits per heavy atom. The monoisotopic (exact) mass is 343 g/mol. The van der Waals surface area contributed by atoms with Crippen molar-refractivity contribution in [3.63, 3.8) is 0 Å². The number of amides is 2. The summed E-state index contributed by atoms with van der Waals surface area (Å²) < 4.78 is 18.4. The lowest BCUT2D eigenvalue weighted by molar-refractivity contribution is -0.127. The molecule has 2 amide bonds. The van der Waals surface area contributed by atoms with E-state index in [1.807, 2.05) is 6.07 Å². The fraction of sp³-hybridized carbons (Fsp3) is 0.278. The number of likely N-dealkylation sites (N-methyl/N-ethyl adjacent to an activating group) is 1. The van der Waals surface area contributed by atoms with Crippen LogP contribution in [0.2, 0.25) is 0 Å². The first-order chi connectivity index (χ1) is 12.0. The average molecular weight is 343 g/mol. The lowest BCUT2D eigenvalue weighted by atomic mass is 10.0. The zero-order chi connectivity index (χ0) is 18.0. The van der Waals surface area contributed by atoms with Gasteiger partial charge in [0, 0.05) is 31.4 Å². The van der Waals surface area contributed by atoms with E-state index in [1.165, 1.54) is 25.3 Å². The van der Waals surface area contributed by atoms with Crippen molar-refractivity contribution in [1.29, 1.82) is 0 Å². The SMILES string of the molecule is COc1cc(C(=O)N[C@@H]2CC(=O)N(C)[C@H]2c2cccnc2)ccc1F. The number of methoxy groups -OCH3 is 1. The summed E-state index contributed by atoms with van der Waals surface area (Å²) in [6, 6.07) is 6.86. The van der Waals surface area contributed by atoms with Crippen LogP contribution in [0.1, 0.15) is 28.4 Å². The van der Waals surface area contributed by atoms with E-state index >= 15 is 0 Å². The fourth-order valence-corrected chi connectivity index (χ4v) is 3.06. The molecule has 1 N–H and O–H groups in total. The van der Waals surface area contributed by atoms with Crippen molar-refractivity contribution in [1.82, 2.24) is 15.2 Å². The Bertz CT molecular complexity index is 797. The lowest BCUT2D eigenvalue weighted by Gasteiger charge is -2.25. The molecule has 1 fully saturated rings. The molecular formula is C18H18FN3O3. The van der Waals surface area contributed by atoms with Gasteiger partial charge in [-0.3, -0.25) is 14.6 Å². The number of hydrogen-bond acceptors (Lipinski definition) is 4. The minimum Gasteiger partial charge on any atom is -0.494 e. The number of carbonyl (C=O) groups is 2. The molecule has 0 bridgehead atoms. The molecule has 3 rings (SSSR count). The standard InChI is InChI=1S/C18H18FN3O3/c1-22-16(23)9-14(17(22)12-4-3-7-20-10-12)21-18(24)11-5-6-13(19)15(8-11)25-2/h3-8,10,14,17H,9H2,1-2H3,(H,21,24)/t14-,17+/m1/s1. The molecule has 130 valence electrons. The molecule has 2 heterocycles. The maximum atomic E-state index is 13.5. The molecule has 2 aromatic rings. The second-order valence-corrected chi connectivity index (χ2v) is 5.87. The van der Waals surface area contributed by atoms with Gasteiger partial charge in [0.1, 0.15) is 0 Å². The number of carbonyl (C=O) groups excluding carboxylic acids is 2. The maximum absolute atomic E-state index is 13.5. The van der Waals surface area contributed by atoms with Crippen molar-refractivity contribution < 1.29 is 18.7 Å². The Morgan fingerprint density at radius 3 is 2.88 bits per heavy atom. The summed E-state index contributed by atoms with van der Waals surface area (Å²) in [5, 5.41) is 2.87. The molecule has 0 spiro atoms. The molecule has 1 aliphatic rings. The summed E-state index contributed by atoms with van der Waals surface area (Å²) in [5.74, 6) is -0.990. The van der Waals surface area contributed by atoms with Gasteiger partial charge >= 0.3 is 0 Å². The van der Waals surface area contributed by atoms with Crippen molar-refractivity contribution in [2.45, 2.75) is 18.5 Å². The second kappa shape index (κ2) is 6.88. The van der Waals surface area contributed by atoms with Crippen LogP contribution in [-0.4, -0.2) is 41.9 Å². The number of nitrogens with one attached hydrogen (secondary N) is 1. The van der Waals surface area contributed by atoms with E-state index in [0.717, 1.165) is 5.56 Å². The first-order valence-corrected chi connectivity index (χ1v) is 7.81. The highest BCUT2D eigenvalue weighted by molar-refractivity contribution is 5.95. The van der Waals surface area contributed by atoms with E-state index in [4.69, 9.17) is 4.74 Å². The van der Waals surface area contributed by atoms with Gasteiger partial charge in [0.15, 0.2) is 11.6 Å². The minimum atomic E-state index is -0.539. The average Bonchev–Trinajstić information content (AvgIpc) is 2.89. The van der Waals surface area contributed by atoms with Gasteiger partial charge < -0.3 is 15.0 Å². The van der Waals surface area contributed by atoms with Gasteiger partial charge in [0.05, 0.1) is 19.2 Å². The Labute approximate surface area is 144 Å². The third-order valence-electron chi connectivity index (χ3n) is 4.34. The molecular weight excluding hydrogens is 325 g/mol. The highest BCUT2D eigenvalue weighted by Gasteiger charge is 2.39. The maximum Gasteiger partial charge on any atom is 0.251 e. The van der Waals surface area contributed by atoms with E-state index in [-0.39, 0.29) is 35.6 Å². The van der Waals surface area contributed by atoms with Gasteiger partial charge in [0.2, 0.25) is 5.91 Å². The highest BCUT2D eigenvalue weighted by Crippen LogP contribution is 2.31. The van der Waals surface area contributed by atoms with E-state index < -0.39 is 11.9 Å². The molecule has 1 saturated heterocycles. The van der Waals surface area contributed by atoms with Gasteiger partial charge in [-0.25, -0.2) is 4.39 Å². The lowest BCUT2D eigenvalue weighted by Crippen LogP contribution is -2.39. The number of ether oxygens (including phenoxy) is 1. The van der Waals surface area contributed by atoms with E-state index in [2.05, 4.69) is 10.3 Å². The largest absolute Gasteiger partial charge is 0.494 e. The van der Waals surface area contributed by atoms with Crippen LogP contribution in [0, 0.1) is 5.82 Å². The summed E-state index contributed by atoms with van der Waals surface area (Å²) in [5.41, 5.74) is 1.11. The van der Waals surface area contributed by atoms with Gasteiger partial charge in [-0.1, -0.05) is 6.07 Å². The molecule has 1 aromatic heterocycles. The number of halogens is 1. The summed E-state index contributed by atoms with van der Waals surface area (Å²) >= 11 is 0. The third-order valence-corrected chi connectivity index (χ3v) is 4.34. The predicted octanol–water partition coefficient (Wildman–Crippen LogP) is 1.93. The Morgan fingerprint density at radius 1 is 1.40 bits per heavy atom. The molecule has 6 nitrogen and oxygen atoms in total. The molecule has 1 aliphatic heterocycles. The van der Waals surface area contributed by atoms with Crippen LogP contribution in [0.25, 0.3) is 0 Å². The number of aromatic nitrogens is 1. The van der Waals surface area contributed by atoms with Gasteiger partial charge in [-0.05, 0) is 29.8 Å². The molecule has 0 unspecified atom stereocenters. The van der Waals surface area contributed by atoms with Gasteiger partial charge in [0.25, 0.3) is 5.91 Å². The fourth-order valence-electron chi connectivity index (χ4n) is 3.06. The number of hydrogen-bond donors (Lipinski definition) is 1. The number of pyridine rings is 1. The van der Waals surface area contributed by atoms with E-state index in [0.29, 0.717) is 0 Å². The molecule has 7 heteroatoms. The molecule has 25 heavy (non-hydrogen) atoms. The molecule has 0 saturated carbocycles. The quantitative estimate of drug-likeness (QED) is 0.921. The molecule has 0 aliphatic carbocycles. The van der Waals surface area contributed by atoms with Crippen LogP contribution < -0.4 is 10.1 Å². The molecule has 1 aromatic carbocycles. The normalized spacial score (nSPS) is 19.8. The van der Waals surface area contributed by atoms with Crippen molar-refractivity contribution in [2.75, 3.05) is 14.2 Å². The van der Waals surface area contributed by atoms with Crippen molar-refractivity contribution in [3.05, 3.63) is 59.7 Å². The van der Waals surface area contributed by atoms with Crippen LogP contribution in [0.5, 0.6) is 5.75 Å². The summed E-state index contributed by atoms with van der Waals surface area (Å²) in [4.78, 5) is 30.3. The van der Waals surface area contributed by atoms with Crippen molar-refractivity contribution in [3.8, 4) is 5.75 Å². The third kappa shape index (κ3) is 3.31. The Hall–Kier alpha value is -2.96. The summed E-state index contributed by atoms with van der Waals surface area (Å²) in [6.07, 6.45) is 3.53. The zero-order valence-corrected chi connectivity index (χ0v) is 13.9. The number of benzene rings is 1. The Balaban J connectivity index is 1.83. The highest BCUT2D eigenvalue weighted by atomic mass is 19.1. The first kappa shape index (κ1) is 16.9. The Kier molecular flexibility index (Phi) is 4.65. The number of likely N-dealkylation sites (tertiary alicyclic amines) is 1. The first-order valence-electron chi connectivity index (χ1n) is 7.81. The zero-order valence-electron chi connectivity index (χ0n) is 13.9. The minimum absolute atomic E-state index is 0.00363. The van der Waals surface area contributed by atoms with Crippen LogP contribution >= 0.6 is 0 Å². The topological polar surface area (TPSA) is 71.5 Å². The smallest absolute Gasteiger partial charge is 0.251 e.